The first-order chi connectivity index (χ1) is 9.63. The van der Waals surface area contributed by atoms with Crippen molar-refractivity contribution in [2.75, 3.05) is 24.5 Å². The summed E-state index contributed by atoms with van der Waals surface area (Å²) in [5, 5.41) is 3.53. The van der Waals surface area contributed by atoms with Crippen LogP contribution in [-0.2, 0) is 4.79 Å². The minimum absolute atomic E-state index is 0.0705. The highest BCUT2D eigenvalue weighted by Crippen LogP contribution is 2.22. The second-order valence-corrected chi connectivity index (χ2v) is 5.61. The second-order valence-electron chi connectivity index (χ2n) is 5.17. The fourth-order valence-electron chi connectivity index (χ4n) is 2.26. The first kappa shape index (κ1) is 13.2. The number of rotatable bonds is 4. The van der Waals surface area contributed by atoms with Crippen LogP contribution in [0.2, 0.25) is 5.02 Å². The largest absolute Gasteiger partial charge is 0.352 e. The Balaban J connectivity index is 1.61. The maximum atomic E-state index is 12.3. The molecule has 3 amide bonds. The SMILES string of the molecule is O=C(CN1CCN(c2ccc(Cl)cc2)C1=O)NC1CC1. The predicted octanol–water partition coefficient (Wildman–Crippen LogP) is 1.86. The molecule has 1 aliphatic carbocycles. The minimum atomic E-state index is -0.127. The zero-order chi connectivity index (χ0) is 14.1. The lowest BCUT2D eigenvalue weighted by molar-refractivity contribution is -0.121. The van der Waals surface area contributed by atoms with Crippen molar-refractivity contribution < 1.29 is 9.59 Å². The van der Waals surface area contributed by atoms with E-state index in [0.717, 1.165) is 18.5 Å². The number of benzene rings is 1. The van der Waals surface area contributed by atoms with E-state index in [2.05, 4.69) is 5.32 Å². The van der Waals surface area contributed by atoms with E-state index in [-0.39, 0.29) is 18.5 Å². The number of carbonyl (C=O) groups is 2. The maximum absolute atomic E-state index is 12.3. The third-order valence-electron chi connectivity index (χ3n) is 3.51. The number of hydrogen-bond donors (Lipinski definition) is 1. The third-order valence-corrected chi connectivity index (χ3v) is 3.76. The molecule has 0 atom stereocenters. The molecule has 1 saturated carbocycles. The molecule has 2 aliphatic rings. The van der Waals surface area contributed by atoms with Crippen molar-refractivity contribution in [1.29, 1.82) is 0 Å². The Kier molecular flexibility index (Phi) is 3.53. The summed E-state index contributed by atoms with van der Waals surface area (Å²) in [5.41, 5.74) is 0.810. The molecule has 6 heteroatoms. The van der Waals surface area contributed by atoms with Crippen molar-refractivity contribution in [3.8, 4) is 0 Å². The van der Waals surface area contributed by atoms with E-state index in [9.17, 15) is 9.59 Å². The molecule has 1 aromatic carbocycles. The van der Waals surface area contributed by atoms with Crippen LogP contribution in [0.5, 0.6) is 0 Å². The third kappa shape index (κ3) is 2.88. The molecule has 1 aliphatic heterocycles. The molecule has 5 nitrogen and oxygen atoms in total. The van der Waals surface area contributed by atoms with Gasteiger partial charge in [0.2, 0.25) is 5.91 Å². The van der Waals surface area contributed by atoms with Gasteiger partial charge in [-0.2, -0.15) is 0 Å². The molecule has 1 aromatic rings. The lowest BCUT2D eigenvalue weighted by atomic mass is 10.3. The topological polar surface area (TPSA) is 52.7 Å². The van der Waals surface area contributed by atoms with Gasteiger partial charge in [0.05, 0.1) is 0 Å². The molecule has 1 N–H and O–H groups in total. The van der Waals surface area contributed by atoms with E-state index in [0.29, 0.717) is 24.2 Å². The van der Waals surface area contributed by atoms with E-state index in [1.165, 1.54) is 0 Å². The number of nitrogens with one attached hydrogen (secondary N) is 1. The van der Waals surface area contributed by atoms with Crippen molar-refractivity contribution in [3.05, 3.63) is 29.3 Å². The Morgan fingerprint density at radius 1 is 1.25 bits per heavy atom. The number of hydrogen-bond acceptors (Lipinski definition) is 2. The predicted molar refractivity (Wildman–Crippen MR) is 76.9 cm³/mol. The van der Waals surface area contributed by atoms with Crippen LogP contribution in [0.25, 0.3) is 0 Å². The average Bonchev–Trinajstić information content (AvgIpc) is 3.16. The Bertz CT molecular complexity index is 528. The van der Waals surface area contributed by atoms with Crippen LogP contribution in [0.1, 0.15) is 12.8 Å². The number of halogens is 1. The van der Waals surface area contributed by atoms with Gasteiger partial charge >= 0.3 is 6.03 Å². The van der Waals surface area contributed by atoms with Crippen molar-refractivity contribution in [2.45, 2.75) is 18.9 Å². The zero-order valence-corrected chi connectivity index (χ0v) is 11.8. The molecule has 1 heterocycles. The van der Waals surface area contributed by atoms with Gasteiger partial charge in [-0.25, -0.2) is 4.79 Å². The molecule has 106 valence electrons. The van der Waals surface area contributed by atoms with Crippen LogP contribution in [0.3, 0.4) is 0 Å². The normalized spacial score (nSPS) is 18.6. The average molecular weight is 294 g/mol. The van der Waals surface area contributed by atoms with Crippen molar-refractivity contribution in [3.63, 3.8) is 0 Å². The summed E-state index contributed by atoms with van der Waals surface area (Å²) in [6, 6.07) is 7.34. The molecule has 1 saturated heterocycles. The van der Waals surface area contributed by atoms with E-state index in [1.54, 1.807) is 21.9 Å². The standard InChI is InChI=1S/C14H16ClN3O2/c15-10-1-5-12(6-2-10)18-8-7-17(14(18)20)9-13(19)16-11-3-4-11/h1-2,5-6,11H,3-4,7-9H2,(H,16,19). The molecule has 2 fully saturated rings. The molecule has 0 aromatic heterocycles. The van der Waals surface area contributed by atoms with E-state index >= 15 is 0 Å². The van der Waals surface area contributed by atoms with E-state index < -0.39 is 0 Å². The Morgan fingerprint density at radius 2 is 1.95 bits per heavy atom. The monoisotopic (exact) mass is 293 g/mol. The van der Waals surface area contributed by atoms with Crippen LogP contribution in [0.15, 0.2) is 24.3 Å². The quantitative estimate of drug-likeness (QED) is 0.921. The van der Waals surface area contributed by atoms with Crippen LogP contribution in [0.4, 0.5) is 10.5 Å². The van der Waals surface area contributed by atoms with Crippen LogP contribution in [0, 0.1) is 0 Å². The van der Waals surface area contributed by atoms with Crippen molar-refractivity contribution in [2.24, 2.45) is 0 Å². The van der Waals surface area contributed by atoms with Gasteiger partial charge in [-0.05, 0) is 37.1 Å². The summed E-state index contributed by atoms with van der Waals surface area (Å²) >= 11 is 5.84. The number of nitrogens with zero attached hydrogens (tertiary/aromatic N) is 2. The van der Waals surface area contributed by atoms with Gasteiger partial charge in [-0.1, -0.05) is 11.6 Å². The zero-order valence-electron chi connectivity index (χ0n) is 11.0. The number of anilines is 1. The summed E-state index contributed by atoms with van der Waals surface area (Å²) in [5.74, 6) is -0.0705. The van der Waals surface area contributed by atoms with Gasteiger partial charge in [0.25, 0.3) is 0 Å². The number of carbonyl (C=O) groups excluding carboxylic acids is 2. The molecular formula is C14H16ClN3O2. The highest BCUT2D eigenvalue weighted by atomic mass is 35.5. The number of amides is 3. The van der Waals surface area contributed by atoms with Gasteiger partial charge in [0.1, 0.15) is 6.54 Å². The smallest absolute Gasteiger partial charge is 0.325 e. The number of urea groups is 1. The van der Waals surface area contributed by atoms with Crippen LogP contribution < -0.4 is 10.2 Å². The summed E-state index contributed by atoms with van der Waals surface area (Å²) in [6.45, 7) is 1.30. The summed E-state index contributed by atoms with van der Waals surface area (Å²) in [6.07, 6.45) is 2.10. The Hall–Kier alpha value is -1.75. The lowest BCUT2D eigenvalue weighted by Crippen LogP contribution is -2.40. The van der Waals surface area contributed by atoms with Gasteiger partial charge in [0.15, 0.2) is 0 Å². The first-order valence-corrected chi connectivity index (χ1v) is 7.12. The Morgan fingerprint density at radius 3 is 2.60 bits per heavy atom. The summed E-state index contributed by atoms with van der Waals surface area (Å²) < 4.78 is 0. The molecule has 0 spiro atoms. The first-order valence-electron chi connectivity index (χ1n) is 6.75. The summed E-state index contributed by atoms with van der Waals surface area (Å²) in [7, 11) is 0. The highest BCUT2D eigenvalue weighted by Gasteiger charge is 2.32. The second kappa shape index (κ2) is 5.32. The molecule has 0 radical (unpaired) electrons. The van der Waals surface area contributed by atoms with Crippen molar-refractivity contribution >= 4 is 29.2 Å². The van der Waals surface area contributed by atoms with E-state index in [4.69, 9.17) is 11.6 Å². The fourth-order valence-corrected chi connectivity index (χ4v) is 2.39. The van der Waals surface area contributed by atoms with Crippen molar-refractivity contribution in [1.82, 2.24) is 10.2 Å². The van der Waals surface area contributed by atoms with E-state index in [1.807, 2.05) is 12.1 Å². The molecule has 3 rings (SSSR count). The lowest BCUT2D eigenvalue weighted by Gasteiger charge is -2.18. The van der Waals surface area contributed by atoms with Gasteiger partial charge in [-0.15, -0.1) is 0 Å². The van der Waals surface area contributed by atoms with Gasteiger partial charge in [0, 0.05) is 29.8 Å². The molecular weight excluding hydrogens is 278 g/mol. The summed E-state index contributed by atoms with van der Waals surface area (Å²) in [4.78, 5) is 27.3. The highest BCUT2D eigenvalue weighted by molar-refractivity contribution is 6.30. The maximum Gasteiger partial charge on any atom is 0.325 e. The fraction of sp³-hybridized carbons (Fsp3) is 0.429. The molecule has 20 heavy (non-hydrogen) atoms. The van der Waals surface area contributed by atoms with Gasteiger partial charge in [-0.3, -0.25) is 9.69 Å². The van der Waals surface area contributed by atoms with Crippen LogP contribution >= 0.6 is 11.6 Å². The molecule has 0 unspecified atom stereocenters. The van der Waals surface area contributed by atoms with Crippen LogP contribution in [-0.4, -0.2) is 42.5 Å². The minimum Gasteiger partial charge on any atom is -0.352 e. The molecule has 0 bridgehead atoms. The van der Waals surface area contributed by atoms with Gasteiger partial charge < -0.3 is 10.2 Å². The Labute approximate surface area is 122 Å².